The van der Waals surface area contributed by atoms with Gasteiger partial charge in [-0.15, -0.1) is 5.10 Å². The summed E-state index contributed by atoms with van der Waals surface area (Å²) in [5.74, 6) is 2.62. The number of aryl methyl sites for hydroxylation is 1. The first kappa shape index (κ1) is 19.1. The maximum Gasteiger partial charge on any atom is 0.246 e. The van der Waals surface area contributed by atoms with Crippen LogP contribution in [-0.4, -0.2) is 20.2 Å². The lowest BCUT2D eigenvalue weighted by Crippen LogP contribution is -1.92. The van der Waals surface area contributed by atoms with Crippen molar-refractivity contribution in [2.24, 2.45) is 0 Å². The third kappa shape index (κ3) is 4.20. The number of nitrogens with zero attached hydrogens (tertiary/aromatic N) is 3. The normalized spacial score (nSPS) is 10.9. The number of H-pyrrole nitrogens is 1. The number of nitrogens with one attached hydrogen (secondary N) is 2. The number of rotatable bonds is 5. The van der Waals surface area contributed by atoms with E-state index < -0.39 is 0 Å². The van der Waals surface area contributed by atoms with Crippen LogP contribution in [0.2, 0.25) is 5.02 Å². The van der Waals surface area contributed by atoms with Crippen LogP contribution in [0.5, 0.6) is 11.5 Å². The summed E-state index contributed by atoms with van der Waals surface area (Å²) in [6.45, 7) is 2.04. The first-order valence-corrected chi connectivity index (χ1v) is 10.1. The lowest BCUT2D eigenvalue weighted by molar-refractivity contribution is 0.488. The SMILES string of the molecule is Cc1cccc(Nc2n[nH]c(-c3ccc(Oc4ccnc5cc(Cl)ccc45)cc3)n2)c1. The first-order valence-electron chi connectivity index (χ1n) is 9.73. The average Bonchev–Trinajstić information content (AvgIpc) is 3.23. The van der Waals surface area contributed by atoms with Crippen molar-refractivity contribution < 1.29 is 4.74 Å². The topological polar surface area (TPSA) is 75.7 Å². The van der Waals surface area contributed by atoms with Crippen molar-refractivity contribution in [3.05, 3.63) is 89.6 Å². The smallest absolute Gasteiger partial charge is 0.246 e. The van der Waals surface area contributed by atoms with E-state index in [0.29, 0.717) is 22.5 Å². The molecule has 0 saturated carbocycles. The molecule has 0 spiro atoms. The summed E-state index contributed by atoms with van der Waals surface area (Å²) in [6, 6.07) is 23.1. The maximum absolute atomic E-state index is 6.08. The molecule has 0 radical (unpaired) electrons. The van der Waals surface area contributed by atoms with Crippen LogP contribution < -0.4 is 10.1 Å². The van der Waals surface area contributed by atoms with Gasteiger partial charge in [0.25, 0.3) is 0 Å². The minimum absolute atomic E-state index is 0.517. The van der Waals surface area contributed by atoms with Gasteiger partial charge in [0.1, 0.15) is 11.5 Å². The molecule has 0 aliphatic rings. The second kappa shape index (κ2) is 8.08. The van der Waals surface area contributed by atoms with E-state index in [4.69, 9.17) is 16.3 Å². The molecule has 0 unspecified atom stereocenters. The van der Waals surface area contributed by atoms with Gasteiger partial charge in [0, 0.05) is 27.9 Å². The van der Waals surface area contributed by atoms with Crippen molar-refractivity contribution in [2.75, 3.05) is 5.32 Å². The van der Waals surface area contributed by atoms with Crippen LogP contribution in [0.25, 0.3) is 22.3 Å². The van der Waals surface area contributed by atoms with E-state index in [9.17, 15) is 0 Å². The quantitative estimate of drug-likeness (QED) is 0.334. The number of aromatic amines is 1. The zero-order valence-electron chi connectivity index (χ0n) is 16.6. The lowest BCUT2D eigenvalue weighted by Gasteiger charge is -2.09. The van der Waals surface area contributed by atoms with Gasteiger partial charge in [-0.1, -0.05) is 23.7 Å². The molecule has 0 aliphatic heterocycles. The van der Waals surface area contributed by atoms with Crippen molar-refractivity contribution in [1.29, 1.82) is 0 Å². The Balaban J connectivity index is 1.33. The van der Waals surface area contributed by atoms with Crippen LogP contribution in [-0.2, 0) is 0 Å². The molecular weight excluding hydrogens is 410 g/mol. The Kier molecular flexibility index (Phi) is 4.98. The molecule has 2 N–H and O–H groups in total. The number of hydrogen-bond acceptors (Lipinski definition) is 5. The van der Waals surface area contributed by atoms with E-state index in [1.807, 2.05) is 79.7 Å². The number of hydrogen-bond donors (Lipinski definition) is 2. The van der Waals surface area contributed by atoms with Gasteiger partial charge in [0.2, 0.25) is 5.95 Å². The number of halogens is 1. The molecule has 6 nitrogen and oxygen atoms in total. The van der Waals surface area contributed by atoms with Crippen LogP contribution in [0.1, 0.15) is 5.56 Å². The standard InChI is InChI=1S/C24H18ClN5O/c1-15-3-2-4-18(13-15)27-24-28-23(29-30-24)16-5-8-19(9-6-16)31-22-11-12-26-21-14-17(25)7-10-20(21)22/h2-14H,1H3,(H2,27,28,29,30). The summed E-state index contributed by atoms with van der Waals surface area (Å²) >= 11 is 6.06. The highest BCUT2D eigenvalue weighted by Crippen LogP contribution is 2.31. The molecule has 0 saturated heterocycles. The zero-order valence-corrected chi connectivity index (χ0v) is 17.4. The molecule has 0 fully saturated rings. The van der Waals surface area contributed by atoms with Gasteiger partial charge in [0.05, 0.1) is 5.52 Å². The van der Waals surface area contributed by atoms with Gasteiger partial charge in [0.15, 0.2) is 5.82 Å². The maximum atomic E-state index is 6.08. The third-order valence-electron chi connectivity index (χ3n) is 4.78. The number of aromatic nitrogens is 4. The van der Waals surface area contributed by atoms with Crippen molar-refractivity contribution in [3.8, 4) is 22.9 Å². The fourth-order valence-corrected chi connectivity index (χ4v) is 3.46. The van der Waals surface area contributed by atoms with E-state index in [-0.39, 0.29) is 0 Å². The van der Waals surface area contributed by atoms with Crippen molar-refractivity contribution in [1.82, 2.24) is 20.2 Å². The van der Waals surface area contributed by atoms with Crippen molar-refractivity contribution >= 4 is 34.1 Å². The Morgan fingerprint density at radius 2 is 1.84 bits per heavy atom. The van der Waals surface area contributed by atoms with Gasteiger partial charge in [-0.3, -0.25) is 10.1 Å². The molecule has 2 heterocycles. The molecule has 5 aromatic rings. The zero-order chi connectivity index (χ0) is 21.2. The van der Waals surface area contributed by atoms with Crippen molar-refractivity contribution in [2.45, 2.75) is 6.92 Å². The fraction of sp³-hybridized carbons (Fsp3) is 0.0417. The molecule has 7 heteroatoms. The highest BCUT2D eigenvalue weighted by molar-refractivity contribution is 6.31. The number of anilines is 2. The van der Waals surface area contributed by atoms with Crippen LogP contribution in [0.4, 0.5) is 11.6 Å². The fourth-order valence-electron chi connectivity index (χ4n) is 3.29. The van der Waals surface area contributed by atoms with Crippen LogP contribution in [0.15, 0.2) is 79.0 Å². The van der Waals surface area contributed by atoms with Crippen LogP contribution >= 0.6 is 11.6 Å². The number of pyridine rings is 1. The largest absolute Gasteiger partial charge is 0.457 e. The molecule has 0 atom stereocenters. The van der Waals surface area contributed by atoms with E-state index in [0.717, 1.165) is 27.9 Å². The van der Waals surface area contributed by atoms with E-state index in [1.54, 1.807) is 6.20 Å². The highest BCUT2D eigenvalue weighted by atomic mass is 35.5. The van der Waals surface area contributed by atoms with Gasteiger partial charge < -0.3 is 10.1 Å². The summed E-state index contributed by atoms with van der Waals surface area (Å²) in [4.78, 5) is 8.87. The van der Waals surface area contributed by atoms with E-state index in [2.05, 4.69) is 25.5 Å². The minimum atomic E-state index is 0.517. The van der Waals surface area contributed by atoms with Crippen LogP contribution in [0, 0.1) is 6.92 Å². The van der Waals surface area contributed by atoms with Crippen LogP contribution in [0.3, 0.4) is 0 Å². The van der Waals surface area contributed by atoms with E-state index in [1.165, 1.54) is 5.56 Å². The monoisotopic (exact) mass is 427 g/mol. The minimum Gasteiger partial charge on any atom is -0.457 e. The molecule has 0 amide bonds. The number of benzene rings is 3. The van der Waals surface area contributed by atoms with Gasteiger partial charge in [-0.25, -0.2) is 0 Å². The second-order valence-electron chi connectivity index (χ2n) is 7.10. The third-order valence-corrected chi connectivity index (χ3v) is 5.02. The molecule has 5 rings (SSSR count). The summed E-state index contributed by atoms with van der Waals surface area (Å²) in [6.07, 6.45) is 1.71. The first-order chi connectivity index (χ1) is 15.1. The molecular formula is C24H18ClN5O. The molecule has 2 aromatic heterocycles. The van der Waals surface area contributed by atoms with Gasteiger partial charge in [-0.2, -0.15) is 4.98 Å². The summed E-state index contributed by atoms with van der Waals surface area (Å²) < 4.78 is 6.08. The molecule has 3 aromatic carbocycles. The van der Waals surface area contributed by atoms with E-state index >= 15 is 0 Å². The Morgan fingerprint density at radius 3 is 2.68 bits per heavy atom. The van der Waals surface area contributed by atoms with Crippen molar-refractivity contribution in [3.63, 3.8) is 0 Å². The molecule has 152 valence electrons. The average molecular weight is 428 g/mol. The molecule has 0 aliphatic carbocycles. The molecule has 31 heavy (non-hydrogen) atoms. The van der Waals surface area contributed by atoms with Gasteiger partial charge in [-0.05, 0) is 73.2 Å². The summed E-state index contributed by atoms with van der Waals surface area (Å²) in [5, 5.41) is 12.0. The Morgan fingerprint density at radius 1 is 0.968 bits per heavy atom. The van der Waals surface area contributed by atoms with Gasteiger partial charge >= 0.3 is 0 Å². The Bertz CT molecular complexity index is 1360. The molecule has 0 bridgehead atoms. The summed E-state index contributed by atoms with van der Waals surface area (Å²) in [7, 11) is 0. The Labute approximate surface area is 183 Å². The highest BCUT2D eigenvalue weighted by Gasteiger charge is 2.08. The number of ether oxygens (including phenoxy) is 1. The predicted octanol–water partition coefficient (Wildman–Crippen LogP) is 6.52. The second-order valence-corrected chi connectivity index (χ2v) is 7.54. The summed E-state index contributed by atoms with van der Waals surface area (Å²) in [5.41, 5.74) is 3.81. The predicted molar refractivity (Wildman–Crippen MR) is 123 cm³/mol. The Hall–Kier alpha value is -3.90. The lowest BCUT2D eigenvalue weighted by atomic mass is 10.2. The number of fused-ring (bicyclic) bond motifs is 1.